The molecule has 1 aliphatic heterocycles. The van der Waals surface area contributed by atoms with Crippen molar-refractivity contribution in [2.75, 3.05) is 19.6 Å². The number of likely N-dealkylation sites (tertiary alicyclic amines) is 1. The van der Waals surface area contributed by atoms with E-state index in [1.807, 2.05) is 0 Å². The number of aromatic nitrogens is 1. The molecule has 1 amide bonds. The zero-order chi connectivity index (χ0) is 18.8. The van der Waals surface area contributed by atoms with Crippen molar-refractivity contribution in [1.82, 2.24) is 15.2 Å². The summed E-state index contributed by atoms with van der Waals surface area (Å²) in [6, 6.07) is 10.6. The molecule has 0 bridgehead atoms. The van der Waals surface area contributed by atoms with Crippen molar-refractivity contribution < 1.29 is 9.18 Å². The van der Waals surface area contributed by atoms with E-state index in [4.69, 9.17) is 0 Å². The van der Waals surface area contributed by atoms with Crippen LogP contribution in [0.4, 0.5) is 4.39 Å². The van der Waals surface area contributed by atoms with Crippen molar-refractivity contribution in [3.05, 3.63) is 58.2 Å². The third-order valence-corrected chi connectivity index (χ3v) is 6.39. The van der Waals surface area contributed by atoms with Gasteiger partial charge in [0.25, 0.3) is 5.91 Å². The van der Waals surface area contributed by atoms with Crippen molar-refractivity contribution in [3.63, 3.8) is 0 Å². The summed E-state index contributed by atoms with van der Waals surface area (Å²) in [5.74, 6) is 0.315. The molecule has 3 heterocycles. The molecule has 3 aromatic rings. The summed E-state index contributed by atoms with van der Waals surface area (Å²) in [5, 5.41) is 5.87. The normalized spacial score (nSPS) is 17.3. The molecular formula is C21H24FN3OS. The van der Waals surface area contributed by atoms with Crippen LogP contribution in [0.25, 0.3) is 10.9 Å². The van der Waals surface area contributed by atoms with Gasteiger partial charge < -0.3 is 10.3 Å². The first-order chi connectivity index (χ1) is 13.1. The quantitative estimate of drug-likeness (QED) is 0.676. The molecule has 1 fully saturated rings. The van der Waals surface area contributed by atoms with Crippen LogP contribution < -0.4 is 5.32 Å². The van der Waals surface area contributed by atoms with Crippen LogP contribution in [0.2, 0.25) is 0 Å². The van der Waals surface area contributed by atoms with Gasteiger partial charge in [0.1, 0.15) is 11.5 Å². The fourth-order valence-electron chi connectivity index (χ4n) is 3.74. The summed E-state index contributed by atoms with van der Waals surface area (Å²) in [6.45, 7) is 4.99. The summed E-state index contributed by atoms with van der Waals surface area (Å²) < 4.78 is 13.4. The van der Waals surface area contributed by atoms with E-state index >= 15 is 0 Å². The Labute approximate surface area is 162 Å². The summed E-state index contributed by atoms with van der Waals surface area (Å²) in [6.07, 6.45) is 2.40. The van der Waals surface area contributed by atoms with Crippen LogP contribution in [0.3, 0.4) is 0 Å². The highest BCUT2D eigenvalue weighted by molar-refractivity contribution is 7.10. The Hall–Kier alpha value is -2.18. The van der Waals surface area contributed by atoms with E-state index in [1.165, 1.54) is 29.9 Å². The van der Waals surface area contributed by atoms with Crippen LogP contribution in [0.5, 0.6) is 0 Å². The molecule has 1 aromatic carbocycles. The molecule has 0 unspecified atom stereocenters. The van der Waals surface area contributed by atoms with E-state index in [0.29, 0.717) is 17.6 Å². The minimum Gasteiger partial charge on any atom is -0.351 e. The van der Waals surface area contributed by atoms with Crippen molar-refractivity contribution in [2.24, 2.45) is 5.92 Å². The van der Waals surface area contributed by atoms with Gasteiger partial charge in [-0.15, -0.1) is 11.3 Å². The number of nitrogens with zero attached hydrogens (tertiary/aromatic N) is 1. The van der Waals surface area contributed by atoms with Gasteiger partial charge in [-0.05, 0) is 67.6 Å². The molecule has 27 heavy (non-hydrogen) atoms. The van der Waals surface area contributed by atoms with Gasteiger partial charge in [-0.2, -0.15) is 0 Å². The lowest BCUT2D eigenvalue weighted by molar-refractivity contribution is 0.0911. The lowest BCUT2D eigenvalue weighted by atomic mass is 9.97. The molecule has 1 atom stereocenters. The lowest BCUT2D eigenvalue weighted by Crippen LogP contribution is -2.41. The third-order valence-electron chi connectivity index (χ3n) is 5.41. The second-order valence-corrected chi connectivity index (χ2v) is 8.35. The van der Waals surface area contributed by atoms with E-state index < -0.39 is 0 Å². The number of thiophene rings is 1. The fourth-order valence-corrected chi connectivity index (χ4v) is 4.60. The minimum atomic E-state index is -0.300. The number of benzene rings is 1. The van der Waals surface area contributed by atoms with Gasteiger partial charge in [0.2, 0.25) is 0 Å². The van der Waals surface area contributed by atoms with Crippen LogP contribution in [0.15, 0.2) is 41.8 Å². The van der Waals surface area contributed by atoms with Crippen molar-refractivity contribution in [3.8, 4) is 0 Å². The molecule has 4 rings (SSSR count). The largest absolute Gasteiger partial charge is 0.351 e. The Morgan fingerprint density at radius 2 is 2.15 bits per heavy atom. The first kappa shape index (κ1) is 18.2. The zero-order valence-electron chi connectivity index (χ0n) is 15.4. The number of carbonyl (C=O) groups excluding carboxylic acids is 1. The predicted octanol–water partition coefficient (Wildman–Crippen LogP) is 4.57. The third kappa shape index (κ3) is 4.06. The smallest absolute Gasteiger partial charge is 0.267 e. The van der Waals surface area contributed by atoms with Crippen molar-refractivity contribution >= 4 is 28.1 Å². The number of fused-ring (bicyclic) bond motifs is 1. The number of amides is 1. The monoisotopic (exact) mass is 385 g/mol. The van der Waals surface area contributed by atoms with Gasteiger partial charge in [-0.25, -0.2) is 4.39 Å². The van der Waals surface area contributed by atoms with Gasteiger partial charge in [0, 0.05) is 22.3 Å². The first-order valence-corrected chi connectivity index (χ1v) is 10.3. The Morgan fingerprint density at radius 3 is 2.89 bits per heavy atom. The standard InChI is InChI=1S/C21H24FN3OS/c1-14-6-8-25(9-7-14)19(20-3-2-10-27-20)13-23-21(26)18-12-15-11-16(22)4-5-17(15)24-18/h2-5,10-12,14,19,24H,6-9,13H2,1H3,(H,23,26)/t19-/m1/s1. The first-order valence-electron chi connectivity index (χ1n) is 9.44. The Morgan fingerprint density at radius 1 is 1.33 bits per heavy atom. The summed E-state index contributed by atoms with van der Waals surface area (Å²) in [5.41, 5.74) is 1.23. The van der Waals surface area contributed by atoms with E-state index in [2.05, 4.69) is 39.6 Å². The van der Waals surface area contributed by atoms with Crippen LogP contribution >= 0.6 is 11.3 Å². The van der Waals surface area contributed by atoms with E-state index in [0.717, 1.165) is 24.5 Å². The molecule has 0 spiro atoms. The van der Waals surface area contributed by atoms with Crippen LogP contribution in [0.1, 0.15) is 41.2 Å². The van der Waals surface area contributed by atoms with Gasteiger partial charge in [-0.1, -0.05) is 13.0 Å². The molecular weight excluding hydrogens is 361 g/mol. The number of aromatic amines is 1. The number of piperidine rings is 1. The number of hydrogen-bond donors (Lipinski definition) is 2. The van der Waals surface area contributed by atoms with E-state index in [9.17, 15) is 9.18 Å². The summed E-state index contributed by atoms with van der Waals surface area (Å²) >= 11 is 1.74. The molecule has 0 saturated carbocycles. The summed E-state index contributed by atoms with van der Waals surface area (Å²) in [7, 11) is 0. The van der Waals surface area contributed by atoms with Gasteiger partial charge in [0.15, 0.2) is 0 Å². The molecule has 0 aliphatic carbocycles. The van der Waals surface area contributed by atoms with Crippen LogP contribution in [-0.4, -0.2) is 35.4 Å². The van der Waals surface area contributed by atoms with Gasteiger partial charge >= 0.3 is 0 Å². The topological polar surface area (TPSA) is 48.1 Å². The molecule has 6 heteroatoms. The van der Waals surface area contributed by atoms with Crippen LogP contribution in [-0.2, 0) is 0 Å². The zero-order valence-corrected chi connectivity index (χ0v) is 16.2. The highest BCUT2D eigenvalue weighted by Crippen LogP contribution is 2.29. The SMILES string of the molecule is CC1CCN([C@H](CNC(=O)c2cc3cc(F)ccc3[nH]2)c2cccs2)CC1. The molecule has 2 N–H and O–H groups in total. The second-order valence-electron chi connectivity index (χ2n) is 7.37. The maximum Gasteiger partial charge on any atom is 0.267 e. The van der Waals surface area contributed by atoms with Crippen LogP contribution in [0, 0.1) is 11.7 Å². The predicted molar refractivity (Wildman–Crippen MR) is 108 cm³/mol. The number of rotatable bonds is 5. The number of carbonyl (C=O) groups is 1. The fraction of sp³-hybridized carbons (Fsp3) is 0.381. The summed E-state index contributed by atoms with van der Waals surface area (Å²) in [4.78, 5) is 19.5. The van der Waals surface area contributed by atoms with Crippen molar-refractivity contribution in [1.29, 1.82) is 0 Å². The van der Waals surface area contributed by atoms with Gasteiger partial charge in [0.05, 0.1) is 6.04 Å². The van der Waals surface area contributed by atoms with Crippen molar-refractivity contribution in [2.45, 2.75) is 25.8 Å². The minimum absolute atomic E-state index is 0.154. The van der Waals surface area contributed by atoms with E-state index in [1.54, 1.807) is 23.5 Å². The second kappa shape index (κ2) is 7.82. The molecule has 1 aliphatic rings. The molecule has 1 saturated heterocycles. The Kier molecular flexibility index (Phi) is 5.27. The average Bonchev–Trinajstić information content (AvgIpc) is 3.32. The number of hydrogen-bond acceptors (Lipinski definition) is 3. The Balaban J connectivity index is 1.47. The number of H-pyrrole nitrogens is 1. The Bertz CT molecular complexity index is 913. The van der Waals surface area contributed by atoms with Gasteiger partial charge in [-0.3, -0.25) is 9.69 Å². The van der Waals surface area contributed by atoms with E-state index in [-0.39, 0.29) is 17.8 Å². The maximum absolute atomic E-state index is 13.4. The number of halogens is 1. The highest BCUT2D eigenvalue weighted by atomic mass is 32.1. The molecule has 4 nitrogen and oxygen atoms in total. The molecule has 142 valence electrons. The highest BCUT2D eigenvalue weighted by Gasteiger charge is 2.26. The molecule has 2 aromatic heterocycles. The number of nitrogens with one attached hydrogen (secondary N) is 2. The molecule has 0 radical (unpaired) electrons. The average molecular weight is 386 g/mol. The lowest BCUT2D eigenvalue weighted by Gasteiger charge is -2.36. The maximum atomic E-state index is 13.4.